The number of nitriles is 1. The third kappa shape index (κ3) is 3.54. The van der Waals surface area contributed by atoms with Gasteiger partial charge in [-0.05, 0) is 23.8 Å². The van der Waals surface area contributed by atoms with Gasteiger partial charge in [-0.1, -0.05) is 11.6 Å². The van der Waals surface area contributed by atoms with Crippen molar-refractivity contribution in [1.82, 2.24) is 20.1 Å². The van der Waals surface area contributed by atoms with Crippen LogP contribution in [-0.2, 0) is 11.3 Å². The molecule has 2 rings (SSSR count). The number of ether oxygens (including phenoxy) is 1. The van der Waals surface area contributed by atoms with Crippen LogP contribution in [0.15, 0.2) is 24.5 Å². The van der Waals surface area contributed by atoms with Gasteiger partial charge in [-0.3, -0.25) is 0 Å². The SMILES string of the molecule is COCCNCc1cc(Cl)ccc1-n1cnc(C#N)n1. The Balaban J connectivity index is 2.21. The van der Waals surface area contributed by atoms with E-state index in [-0.39, 0.29) is 5.82 Å². The van der Waals surface area contributed by atoms with Crippen LogP contribution in [0.4, 0.5) is 0 Å². The first-order valence-corrected chi connectivity index (χ1v) is 6.42. The molecule has 1 heterocycles. The Bertz CT molecular complexity index is 619. The van der Waals surface area contributed by atoms with E-state index in [0.717, 1.165) is 17.8 Å². The van der Waals surface area contributed by atoms with Crippen LogP contribution in [0.2, 0.25) is 5.02 Å². The molecular weight excluding hydrogens is 278 g/mol. The number of nitrogens with zero attached hydrogens (tertiary/aromatic N) is 4. The van der Waals surface area contributed by atoms with E-state index in [1.54, 1.807) is 17.9 Å². The predicted molar refractivity (Wildman–Crippen MR) is 74.7 cm³/mol. The maximum atomic E-state index is 8.78. The lowest BCUT2D eigenvalue weighted by Crippen LogP contribution is -2.19. The molecule has 0 fully saturated rings. The average Bonchev–Trinajstić information content (AvgIpc) is 2.92. The lowest BCUT2D eigenvalue weighted by Gasteiger charge is -2.10. The molecule has 0 spiro atoms. The highest BCUT2D eigenvalue weighted by Crippen LogP contribution is 2.19. The lowest BCUT2D eigenvalue weighted by atomic mass is 10.2. The minimum Gasteiger partial charge on any atom is -0.383 e. The van der Waals surface area contributed by atoms with Crippen LogP contribution >= 0.6 is 11.6 Å². The summed E-state index contributed by atoms with van der Waals surface area (Å²) in [6.07, 6.45) is 1.51. The molecule has 104 valence electrons. The highest BCUT2D eigenvalue weighted by Gasteiger charge is 2.08. The third-order valence-corrected chi connectivity index (χ3v) is 2.91. The molecule has 0 bridgehead atoms. The van der Waals surface area contributed by atoms with Gasteiger partial charge in [-0.25, -0.2) is 9.67 Å². The van der Waals surface area contributed by atoms with Crippen molar-refractivity contribution in [3.05, 3.63) is 40.9 Å². The molecule has 0 saturated heterocycles. The van der Waals surface area contributed by atoms with Gasteiger partial charge < -0.3 is 10.1 Å². The summed E-state index contributed by atoms with van der Waals surface area (Å²) in [6, 6.07) is 7.41. The third-order valence-electron chi connectivity index (χ3n) is 2.68. The Morgan fingerprint density at radius 3 is 3.05 bits per heavy atom. The summed E-state index contributed by atoms with van der Waals surface area (Å²) in [6.45, 7) is 2.00. The zero-order chi connectivity index (χ0) is 14.4. The summed E-state index contributed by atoms with van der Waals surface area (Å²) in [4.78, 5) is 3.90. The molecule has 0 atom stereocenters. The molecule has 1 aromatic heterocycles. The standard InChI is InChI=1S/C13H14ClN5O/c1-20-5-4-16-8-10-6-11(14)2-3-12(10)19-9-17-13(7-15)18-19/h2-3,6,9,16H,4-5,8H2,1H3. The average molecular weight is 292 g/mol. The molecule has 7 heteroatoms. The van der Waals surface area contributed by atoms with Crippen molar-refractivity contribution >= 4 is 11.6 Å². The molecule has 6 nitrogen and oxygen atoms in total. The number of benzene rings is 1. The second-order valence-electron chi connectivity index (χ2n) is 4.07. The molecule has 0 unspecified atom stereocenters. The molecule has 0 aliphatic rings. The molecule has 2 aromatic rings. The van der Waals surface area contributed by atoms with Crippen LogP contribution in [0, 0.1) is 11.3 Å². The molecule has 0 aliphatic carbocycles. The van der Waals surface area contributed by atoms with E-state index < -0.39 is 0 Å². The molecule has 0 aliphatic heterocycles. The van der Waals surface area contributed by atoms with Gasteiger partial charge in [0.15, 0.2) is 0 Å². The normalized spacial score (nSPS) is 10.4. The number of hydrogen-bond acceptors (Lipinski definition) is 5. The van der Waals surface area contributed by atoms with Gasteiger partial charge in [0, 0.05) is 25.2 Å². The summed E-state index contributed by atoms with van der Waals surface area (Å²) < 4.78 is 6.56. The van der Waals surface area contributed by atoms with Crippen molar-refractivity contribution in [2.45, 2.75) is 6.54 Å². The van der Waals surface area contributed by atoms with Crippen LogP contribution in [0.5, 0.6) is 0 Å². The summed E-state index contributed by atoms with van der Waals surface area (Å²) in [5, 5.41) is 16.8. The van der Waals surface area contributed by atoms with Crippen LogP contribution in [0.25, 0.3) is 5.69 Å². The second-order valence-corrected chi connectivity index (χ2v) is 4.50. The summed E-state index contributed by atoms with van der Waals surface area (Å²) in [5.74, 6) is 0.137. The van der Waals surface area contributed by atoms with Gasteiger partial charge in [0.25, 0.3) is 5.82 Å². The van der Waals surface area contributed by atoms with E-state index in [4.69, 9.17) is 21.6 Å². The second kappa shape index (κ2) is 7.01. The molecule has 20 heavy (non-hydrogen) atoms. The van der Waals surface area contributed by atoms with E-state index in [9.17, 15) is 0 Å². The quantitative estimate of drug-likeness (QED) is 0.817. The van der Waals surface area contributed by atoms with Crippen molar-refractivity contribution in [2.24, 2.45) is 0 Å². The minimum atomic E-state index is 0.137. The number of rotatable bonds is 6. The zero-order valence-electron chi connectivity index (χ0n) is 11.0. The Labute approximate surface area is 121 Å². The number of aromatic nitrogens is 3. The van der Waals surface area contributed by atoms with Crippen LogP contribution in [-0.4, -0.2) is 35.0 Å². The fourth-order valence-corrected chi connectivity index (χ4v) is 1.94. The van der Waals surface area contributed by atoms with Gasteiger partial charge in [0.05, 0.1) is 12.3 Å². The molecular formula is C13H14ClN5O. The largest absolute Gasteiger partial charge is 0.383 e. The van der Waals surface area contributed by atoms with Crippen LogP contribution in [0.1, 0.15) is 11.4 Å². The van der Waals surface area contributed by atoms with Gasteiger partial charge in [0.2, 0.25) is 0 Å². The number of hydrogen-bond donors (Lipinski definition) is 1. The number of methoxy groups -OCH3 is 1. The first-order chi connectivity index (χ1) is 9.74. The maximum Gasteiger partial charge on any atom is 0.252 e. The first-order valence-electron chi connectivity index (χ1n) is 6.05. The highest BCUT2D eigenvalue weighted by atomic mass is 35.5. The van der Waals surface area contributed by atoms with Crippen molar-refractivity contribution in [1.29, 1.82) is 5.26 Å². The fourth-order valence-electron chi connectivity index (χ4n) is 1.75. The molecule has 1 aromatic carbocycles. The van der Waals surface area contributed by atoms with Gasteiger partial charge in [-0.15, -0.1) is 5.10 Å². The molecule has 0 amide bonds. The van der Waals surface area contributed by atoms with Crippen LogP contribution in [0.3, 0.4) is 0 Å². The Morgan fingerprint density at radius 1 is 1.50 bits per heavy atom. The van der Waals surface area contributed by atoms with Gasteiger partial charge in [0.1, 0.15) is 12.4 Å². The van der Waals surface area contributed by atoms with E-state index >= 15 is 0 Å². The Hall–Kier alpha value is -1.94. The van der Waals surface area contributed by atoms with Crippen molar-refractivity contribution in [3.8, 4) is 11.8 Å². The van der Waals surface area contributed by atoms with Crippen molar-refractivity contribution < 1.29 is 4.74 Å². The Morgan fingerprint density at radius 2 is 2.35 bits per heavy atom. The summed E-state index contributed by atoms with van der Waals surface area (Å²) >= 11 is 6.03. The monoisotopic (exact) mass is 291 g/mol. The maximum absolute atomic E-state index is 8.78. The minimum absolute atomic E-state index is 0.137. The number of nitrogens with one attached hydrogen (secondary N) is 1. The first kappa shape index (κ1) is 14.5. The van der Waals surface area contributed by atoms with E-state index in [0.29, 0.717) is 18.2 Å². The smallest absolute Gasteiger partial charge is 0.252 e. The summed E-state index contributed by atoms with van der Waals surface area (Å²) in [7, 11) is 1.66. The van der Waals surface area contributed by atoms with Crippen LogP contribution < -0.4 is 5.32 Å². The molecule has 0 saturated carbocycles. The Kier molecular flexibility index (Phi) is 5.07. The lowest BCUT2D eigenvalue weighted by molar-refractivity contribution is 0.199. The van der Waals surface area contributed by atoms with Crippen molar-refractivity contribution in [3.63, 3.8) is 0 Å². The molecule has 0 radical (unpaired) electrons. The molecule has 1 N–H and O–H groups in total. The zero-order valence-corrected chi connectivity index (χ0v) is 11.8. The number of halogens is 1. The van der Waals surface area contributed by atoms with E-state index in [2.05, 4.69) is 15.4 Å². The predicted octanol–water partition coefficient (Wildman–Crippen LogP) is 1.53. The van der Waals surface area contributed by atoms with Gasteiger partial charge in [-0.2, -0.15) is 5.26 Å². The van der Waals surface area contributed by atoms with E-state index in [1.807, 2.05) is 18.2 Å². The highest BCUT2D eigenvalue weighted by molar-refractivity contribution is 6.30. The topological polar surface area (TPSA) is 75.8 Å². The fraction of sp³-hybridized carbons (Fsp3) is 0.308. The van der Waals surface area contributed by atoms with E-state index in [1.165, 1.54) is 6.33 Å². The van der Waals surface area contributed by atoms with Crippen molar-refractivity contribution in [2.75, 3.05) is 20.3 Å². The summed E-state index contributed by atoms with van der Waals surface area (Å²) in [5.41, 5.74) is 1.82. The van der Waals surface area contributed by atoms with Gasteiger partial charge >= 0.3 is 0 Å².